The Hall–Kier alpha value is -3.58. The van der Waals surface area contributed by atoms with E-state index in [2.05, 4.69) is 22.1 Å². The summed E-state index contributed by atoms with van der Waals surface area (Å²) in [6, 6.07) is 16.3. The summed E-state index contributed by atoms with van der Waals surface area (Å²) in [6.07, 6.45) is 6.62. The van der Waals surface area contributed by atoms with Crippen molar-refractivity contribution in [2.75, 3.05) is 11.9 Å². The number of fused-ring (bicyclic) bond motifs is 5. The molecule has 1 aliphatic carbocycles. The van der Waals surface area contributed by atoms with Gasteiger partial charge < -0.3 is 19.5 Å². The summed E-state index contributed by atoms with van der Waals surface area (Å²) in [5.41, 5.74) is 5.61. The highest BCUT2D eigenvalue weighted by Crippen LogP contribution is 2.44. The predicted octanol–water partition coefficient (Wildman–Crippen LogP) is 7.40. The highest BCUT2D eigenvalue weighted by molar-refractivity contribution is 7.15. The Bertz CT molecular complexity index is 1470. The summed E-state index contributed by atoms with van der Waals surface area (Å²) in [4.78, 5) is 17.3. The van der Waals surface area contributed by atoms with Crippen LogP contribution >= 0.6 is 11.3 Å². The summed E-state index contributed by atoms with van der Waals surface area (Å²) >= 11 is 1.86. The molecule has 2 aliphatic rings. The zero-order chi connectivity index (χ0) is 25.5. The van der Waals surface area contributed by atoms with Crippen LogP contribution in [-0.2, 0) is 19.4 Å². The lowest BCUT2D eigenvalue weighted by Crippen LogP contribution is -2.38. The Balaban J connectivity index is 1.48. The van der Waals surface area contributed by atoms with Gasteiger partial charge >= 0.3 is 6.03 Å². The first kappa shape index (κ1) is 23.8. The molecule has 0 saturated heterocycles. The van der Waals surface area contributed by atoms with E-state index in [1.54, 1.807) is 19.1 Å². The molecule has 5 nitrogen and oxygen atoms in total. The predicted molar refractivity (Wildman–Crippen MR) is 145 cm³/mol. The fraction of sp³-hybridized carbons (Fsp3) is 0.300. The number of anilines is 1. The minimum Gasteiger partial charge on any atom is -0.494 e. The Morgan fingerprint density at radius 2 is 1.97 bits per heavy atom. The second-order valence-corrected chi connectivity index (χ2v) is 10.8. The van der Waals surface area contributed by atoms with E-state index < -0.39 is 0 Å². The molecule has 3 heterocycles. The molecule has 0 radical (unpaired) electrons. The van der Waals surface area contributed by atoms with Crippen LogP contribution in [0.4, 0.5) is 14.9 Å². The molecule has 1 aliphatic heterocycles. The third-order valence-corrected chi connectivity index (χ3v) is 8.68. The number of nitrogens with one attached hydrogen (secondary N) is 1. The maximum Gasteiger partial charge on any atom is 0.322 e. The summed E-state index contributed by atoms with van der Waals surface area (Å²) in [7, 11) is 0. The minimum absolute atomic E-state index is 0.258. The third kappa shape index (κ3) is 4.31. The molecular weight excluding hydrogens is 485 g/mol. The van der Waals surface area contributed by atoms with Crippen molar-refractivity contribution in [3.63, 3.8) is 0 Å². The first-order valence-electron chi connectivity index (χ1n) is 12.9. The van der Waals surface area contributed by atoms with Crippen LogP contribution in [0, 0.1) is 12.7 Å². The van der Waals surface area contributed by atoms with E-state index in [4.69, 9.17) is 4.74 Å². The average molecular weight is 516 g/mol. The van der Waals surface area contributed by atoms with Crippen molar-refractivity contribution in [2.45, 2.75) is 52.1 Å². The van der Waals surface area contributed by atoms with Gasteiger partial charge in [-0.15, -0.1) is 11.3 Å². The number of hydrogen-bond acceptors (Lipinski definition) is 3. The number of aromatic nitrogens is 1. The average Bonchev–Trinajstić information content (AvgIpc) is 3.48. The number of ether oxygens (including phenoxy) is 1. The number of nitrogens with zero attached hydrogens (tertiary/aromatic N) is 2. The molecule has 190 valence electrons. The van der Waals surface area contributed by atoms with Crippen LogP contribution in [0.3, 0.4) is 0 Å². The number of benzene rings is 2. The topological polar surface area (TPSA) is 46.5 Å². The minimum atomic E-state index is -0.343. The van der Waals surface area contributed by atoms with Crippen LogP contribution in [0.15, 0.2) is 60.8 Å². The Morgan fingerprint density at radius 1 is 1.11 bits per heavy atom. The summed E-state index contributed by atoms with van der Waals surface area (Å²) in [5, 5.41) is 4.19. The van der Waals surface area contributed by atoms with Crippen molar-refractivity contribution in [1.82, 2.24) is 9.47 Å². The maximum absolute atomic E-state index is 14.3. The molecule has 2 amide bonds. The molecule has 2 aromatic heterocycles. The van der Waals surface area contributed by atoms with Crippen LogP contribution in [-0.4, -0.2) is 22.1 Å². The number of halogens is 1. The van der Waals surface area contributed by atoms with E-state index in [0.717, 1.165) is 29.8 Å². The first-order chi connectivity index (χ1) is 18.0. The lowest BCUT2D eigenvalue weighted by atomic mass is 9.95. The van der Waals surface area contributed by atoms with E-state index in [9.17, 15) is 9.18 Å². The molecule has 0 saturated carbocycles. The van der Waals surface area contributed by atoms with Crippen LogP contribution < -0.4 is 10.1 Å². The molecule has 37 heavy (non-hydrogen) atoms. The summed E-state index contributed by atoms with van der Waals surface area (Å²) < 4.78 is 22.4. The number of amides is 2. The van der Waals surface area contributed by atoms with Crippen molar-refractivity contribution < 1.29 is 13.9 Å². The van der Waals surface area contributed by atoms with Crippen LogP contribution in [0.5, 0.6) is 5.75 Å². The smallest absolute Gasteiger partial charge is 0.322 e. The maximum atomic E-state index is 14.3. The number of aryl methyl sites for hydroxylation is 2. The lowest BCUT2D eigenvalue weighted by molar-refractivity contribution is 0.194. The van der Waals surface area contributed by atoms with Gasteiger partial charge in [0.2, 0.25) is 0 Å². The second-order valence-electron chi connectivity index (χ2n) is 9.73. The van der Waals surface area contributed by atoms with E-state index in [1.807, 2.05) is 53.5 Å². The number of hydrogen-bond donors (Lipinski definition) is 1. The Labute approximate surface area is 220 Å². The summed E-state index contributed by atoms with van der Waals surface area (Å²) in [6.45, 7) is 4.72. The molecule has 0 bridgehead atoms. The SMILES string of the molecule is CCOc1cccc([C@@H]2c3cccn3-c3sc4c(c3CN2C(=O)Nc2ccc(C)c(F)c2)CCCC4)c1. The molecule has 1 N–H and O–H groups in total. The van der Waals surface area contributed by atoms with Gasteiger partial charge in [-0.25, -0.2) is 9.18 Å². The van der Waals surface area contributed by atoms with Gasteiger partial charge in [-0.05, 0) is 92.6 Å². The van der Waals surface area contributed by atoms with Gasteiger partial charge in [0.1, 0.15) is 16.6 Å². The summed E-state index contributed by atoms with van der Waals surface area (Å²) in [5.74, 6) is 0.438. The molecule has 6 rings (SSSR count). The largest absolute Gasteiger partial charge is 0.494 e. The zero-order valence-corrected chi connectivity index (χ0v) is 21.9. The van der Waals surface area contributed by atoms with Crippen molar-refractivity contribution in [2.24, 2.45) is 0 Å². The molecule has 2 aromatic carbocycles. The van der Waals surface area contributed by atoms with Gasteiger partial charge in [0, 0.05) is 22.3 Å². The van der Waals surface area contributed by atoms with E-state index in [-0.39, 0.29) is 17.9 Å². The number of carbonyl (C=O) groups is 1. The first-order valence-corrected chi connectivity index (χ1v) is 13.7. The molecular formula is C30H30FN3O2S. The zero-order valence-electron chi connectivity index (χ0n) is 21.1. The fourth-order valence-corrected chi connectivity index (χ4v) is 6.95. The van der Waals surface area contributed by atoms with Crippen LogP contribution in [0.1, 0.15) is 58.6 Å². The molecule has 7 heteroatoms. The van der Waals surface area contributed by atoms with Gasteiger partial charge in [-0.3, -0.25) is 0 Å². The third-order valence-electron chi connectivity index (χ3n) is 7.35. The van der Waals surface area contributed by atoms with Crippen molar-refractivity contribution in [1.29, 1.82) is 0 Å². The second kappa shape index (κ2) is 9.71. The van der Waals surface area contributed by atoms with Gasteiger partial charge in [0.15, 0.2) is 0 Å². The fourth-order valence-electron chi connectivity index (χ4n) is 5.54. The van der Waals surface area contributed by atoms with Crippen LogP contribution in [0.2, 0.25) is 0 Å². The molecule has 0 unspecified atom stereocenters. The number of thiophene rings is 1. The molecule has 1 atom stereocenters. The number of carbonyl (C=O) groups excluding carboxylic acids is 1. The van der Waals surface area contributed by atoms with Crippen molar-refractivity contribution in [3.8, 4) is 10.8 Å². The Morgan fingerprint density at radius 3 is 2.81 bits per heavy atom. The van der Waals surface area contributed by atoms with Gasteiger partial charge in [0.05, 0.1) is 24.9 Å². The Kier molecular flexibility index (Phi) is 6.24. The van der Waals surface area contributed by atoms with Gasteiger partial charge in [0.25, 0.3) is 0 Å². The van der Waals surface area contributed by atoms with Gasteiger partial charge in [-0.2, -0.15) is 0 Å². The normalized spacial score (nSPS) is 16.4. The standard InChI is InChI=1S/C30H30FN3O2S/c1-3-36-22-9-6-8-20(16-22)28-26-11-7-15-33(26)29-24(23-10-4-5-12-27(23)37-29)18-34(28)30(35)32-21-14-13-19(2)25(31)17-21/h6-9,11,13-17,28H,3-5,10,12,18H2,1-2H3,(H,32,35)/t28-/m1/s1. The molecule has 4 aromatic rings. The van der Waals surface area contributed by atoms with Crippen molar-refractivity contribution in [3.05, 3.63) is 99.4 Å². The van der Waals surface area contributed by atoms with E-state index in [1.165, 1.54) is 39.9 Å². The number of urea groups is 1. The highest BCUT2D eigenvalue weighted by atomic mass is 32.1. The van der Waals surface area contributed by atoms with Crippen LogP contribution in [0.25, 0.3) is 5.00 Å². The quantitative estimate of drug-likeness (QED) is 0.308. The van der Waals surface area contributed by atoms with E-state index in [0.29, 0.717) is 24.4 Å². The van der Waals surface area contributed by atoms with Gasteiger partial charge in [-0.1, -0.05) is 18.2 Å². The number of rotatable bonds is 4. The molecule has 0 spiro atoms. The molecule has 0 fully saturated rings. The van der Waals surface area contributed by atoms with Crippen molar-refractivity contribution >= 4 is 23.1 Å². The highest BCUT2D eigenvalue weighted by Gasteiger charge is 2.36. The monoisotopic (exact) mass is 515 g/mol. The lowest BCUT2D eigenvalue weighted by Gasteiger charge is -2.31. The van der Waals surface area contributed by atoms with E-state index >= 15 is 0 Å².